The van der Waals surface area contributed by atoms with E-state index in [-0.39, 0.29) is 6.03 Å². The molecule has 0 bridgehead atoms. The van der Waals surface area contributed by atoms with Crippen molar-refractivity contribution in [3.05, 3.63) is 36.5 Å². The zero-order valence-corrected chi connectivity index (χ0v) is 11.1. The van der Waals surface area contributed by atoms with Gasteiger partial charge in [0.2, 0.25) is 0 Å². The third kappa shape index (κ3) is 3.17. The Kier molecular flexibility index (Phi) is 3.67. The summed E-state index contributed by atoms with van der Waals surface area (Å²) in [7, 11) is 0. The van der Waals surface area contributed by atoms with Gasteiger partial charge < -0.3 is 15.4 Å². The van der Waals surface area contributed by atoms with Gasteiger partial charge in [-0.05, 0) is 25.0 Å². The first-order chi connectivity index (χ1) is 9.83. The summed E-state index contributed by atoms with van der Waals surface area (Å²) in [6, 6.07) is 9.97. The van der Waals surface area contributed by atoms with Crippen molar-refractivity contribution in [2.75, 3.05) is 13.2 Å². The molecule has 0 aliphatic heterocycles. The predicted octanol–water partition coefficient (Wildman–Crippen LogP) is 2.08. The predicted molar refractivity (Wildman–Crippen MR) is 76.8 cm³/mol. The van der Waals surface area contributed by atoms with Gasteiger partial charge >= 0.3 is 6.03 Å². The highest BCUT2D eigenvalue weighted by atomic mass is 16.5. The zero-order valence-electron chi connectivity index (χ0n) is 11.1. The lowest BCUT2D eigenvalue weighted by atomic mass is 10.2. The Bertz CT molecular complexity index is 606. The second kappa shape index (κ2) is 5.77. The molecule has 5 heteroatoms. The third-order valence-corrected chi connectivity index (χ3v) is 3.15. The molecule has 3 rings (SSSR count). The van der Waals surface area contributed by atoms with Gasteiger partial charge in [0.1, 0.15) is 17.9 Å². The van der Waals surface area contributed by atoms with Crippen LogP contribution in [0.15, 0.2) is 36.5 Å². The van der Waals surface area contributed by atoms with Crippen molar-refractivity contribution < 1.29 is 9.53 Å². The second-order valence-corrected chi connectivity index (χ2v) is 4.85. The molecule has 0 atom stereocenters. The number of pyridine rings is 1. The van der Waals surface area contributed by atoms with Crippen LogP contribution in [0.4, 0.5) is 4.79 Å². The Hall–Kier alpha value is -2.30. The minimum Gasteiger partial charge on any atom is -0.489 e. The topological polar surface area (TPSA) is 63.2 Å². The summed E-state index contributed by atoms with van der Waals surface area (Å²) in [5.74, 6) is 0.743. The van der Waals surface area contributed by atoms with Crippen molar-refractivity contribution in [3.63, 3.8) is 0 Å². The molecular weight excluding hydrogens is 254 g/mol. The number of urea groups is 1. The quantitative estimate of drug-likeness (QED) is 0.818. The molecule has 2 amide bonds. The standard InChI is InChI=1S/C15H17N3O2/c19-15(18-12-6-7-12)17-9-10-20-13-5-1-3-11-4-2-8-16-14(11)13/h1-5,8,12H,6-7,9-10H2,(H2,17,18,19). The van der Waals surface area contributed by atoms with E-state index < -0.39 is 0 Å². The molecule has 104 valence electrons. The Morgan fingerprint density at radius 2 is 2.15 bits per heavy atom. The van der Waals surface area contributed by atoms with Crippen LogP contribution in [0.5, 0.6) is 5.75 Å². The van der Waals surface area contributed by atoms with E-state index in [0.29, 0.717) is 19.2 Å². The molecule has 5 nitrogen and oxygen atoms in total. The molecule has 0 saturated heterocycles. The van der Waals surface area contributed by atoms with E-state index in [0.717, 1.165) is 29.5 Å². The second-order valence-electron chi connectivity index (χ2n) is 4.85. The van der Waals surface area contributed by atoms with E-state index in [1.807, 2.05) is 30.3 Å². The molecule has 0 spiro atoms. The van der Waals surface area contributed by atoms with Crippen molar-refractivity contribution in [1.29, 1.82) is 0 Å². The fraction of sp³-hybridized carbons (Fsp3) is 0.333. The Balaban J connectivity index is 1.50. The van der Waals surface area contributed by atoms with Crippen LogP contribution in [-0.2, 0) is 0 Å². The summed E-state index contributed by atoms with van der Waals surface area (Å²) in [5.41, 5.74) is 0.845. The van der Waals surface area contributed by atoms with Gasteiger partial charge in [-0.15, -0.1) is 0 Å². The number of para-hydroxylation sites is 1. The van der Waals surface area contributed by atoms with Crippen molar-refractivity contribution in [1.82, 2.24) is 15.6 Å². The molecule has 2 aromatic rings. The average molecular weight is 271 g/mol. The van der Waals surface area contributed by atoms with Crippen molar-refractivity contribution in [2.45, 2.75) is 18.9 Å². The van der Waals surface area contributed by atoms with Crippen LogP contribution in [0.3, 0.4) is 0 Å². The molecule has 0 radical (unpaired) electrons. The number of hydrogen-bond acceptors (Lipinski definition) is 3. The summed E-state index contributed by atoms with van der Waals surface area (Å²) >= 11 is 0. The van der Waals surface area contributed by atoms with Crippen molar-refractivity contribution >= 4 is 16.9 Å². The smallest absolute Gasteiger partial charge is 0.315 e. The van der Waals surface area contributed by atoms with E-state index in [1.165, 1.54) is 0 Å². The molecule has 1 aromatic carbocycles. The minimum atomic E-state index is -0.118. The maximum absolute atomic E-state index is 11.4. The van der Waals surface area contributed by atoms with Gasteiger partial charge in [-0.25, -0.2) is 4.79 Å². The first-order valence-electron chi connectivity index (χ1n) is 6.84. The van der Waals surface area contributed by atoms with Crippen LogP contribution in [-0.4, -0.2) is 30.2 Å². The van der Waals surface area contributed by atoms with Gasteiger partial charge in [0, 0.05) is 17.6 Å². The van der Waals surface area contributed by atoms with Crippen molar-refractivity contribution in [2.24, 2.45) is 0 Å². The summed E-state index contributed by atoms with van der Waals surface area (Å²) in [6.45, 7) is 0.898. The average Bonchev–Trinajstić information content (AvgIpc) is 3.27. The van der Waals surface area contributed by atoms with E-state index in [4.69, 9.17) is 4.74 Å². The molecule has 1 aromatic heterocycles. The lowest BCUT2D eigenvalue weighted by Gasteiger charge is -2.10. The van der Waals surface area contributed by atoms with E-state index >= 15 is 0 Å². The molecule has 1 aliphatic carbocycles. The Morgan fingerprint density at radius 3 is 3.00 bits per heavy atom. The third-order valence-electron chi connectivity index (χ3n) is 3.15. The SMILES string of the molecule is O=C(NCCOc1cccc2cccnc12)NC1CC1. The molecular formula is C15H17N3O2. The van der Waals surface area contributed by atoms with E-state index in [2.05, 4.69) is 15.6 Å². The number of carbonyl (C=O) groups is 1. The van der Waals surface area contributed by atoms with Gasteiger partial charge in [0.05, 0.1) is 6.54 Å². The molecule has 20 heavy (non-hydrogen) atoms. The molecule has 1 aliphatic rings. The fourth-order valence-electron chi connectivity index (χ4n) is 1.98. The van der Waals surface area contributed by atoms with E-state index in [1.54, 1.807) is 6.20 Å². The number of amides is 2. The van der Waals surface area contributed by atoms with Crippen LogP contribution < -0.4 is 15.4 Å². The highest BCUT2D eigenvalue weighted by Crippen LogP contribution is 2.22. The fourth-order valence-corrected chi connectivity index (χ4v) is 1.98. The lowest BCUT2D eigenvalue weighted by Crippen LogP contribution is -2.38. The van der Waals surface area contributed by atoms with Crippen LogP contribution in [0.25, 0.3) is 10.9 Å². The number of nitrogens with one attached hydrogen (secondary N) is 2. The number of rotatable bonds is 5. The highest BCUT2D eigenvalue weighted by molar-refractivity contribution is 5.84. The van der Waals surface area contributed by atoms with Crippen LogP contribution in [0.1, 0.15) is 12.8 Å². The van der Waals surface area contributed by atoms with Gasteiger partial charge in [-0.1, -0.05) is 18.2 Å². The van der Waals surface area contributed by atoms with Gasteiger partial charge in [0.15, 0.2) is 0 Å². The van der Waals surface area contributed by atoms with Crippen LogP contribution in [0.2, 0.25) is 0 Å². The first-order valence-corrected chi connectivity index (χ1v) is 6.84. The van der Waals surface area contributed by atoms with Gasteiger partial charge in [-0.3, -0.25) is 4.98 Å². The number of aromatic nitrogens is 1. The number of nitrogens with zero attached hydrogens (tertiary/aromatic N) is 1. The van der Waals surface area contributed by atoms with E-state index in [9.17, 15) is 4.79 Å². The monoisotopic (exact) mass is 271 g/mol. The van der Waals surface area contributed by atoms with Gasteiger partial charge in [-0.2, -0.15) is 0 Å². The molecule has 0 unspecified atom stereocenters. The van der Waals surface area contributed by atoms with Crippen LogP contribution in [0, 0.1) is 0 Å². The summed E-state index contributed by atoms with van der Waals surface area (Å²) in [5, 5.41) is 6.69. The number of benzene rings is 1. The van der Waals surface area contributed by atoms with Crippen molar-refractivity contribution in [3.8, 4) is 5.75 Å². The maximum Gasteiger partial charge on any atom is 0.315 e. The number of carbonyl (C=O) groups excluding carboxylic acids is 1. The zero-order chi connectivity index (χ0) is 13.8. The number of fused-ring (bicyclic) bond motifs is 1. The number of hydrogen-bond donors (Lipinski definition) is 2. The number of ether oxygens (including phenoxy) is 1. The van der Waals surface area contributed by atoms with Crippen LogP contribution >= 0.6 is 0 Å². The minimum absolute atomic E-state index is 0.118. The summed E-state index contributed by atoms with van der Waals surface area (Å²) in [6.07, 6.45) is 3.92. The molecule has 1 fully saturated rings. The first kappa shape index (κ1) is 12.7. The molecule has 2 N–H and O–H groups in total. The Labute approximate surface area is 117 Å². The van der Waals surface area contributed by atoms with Gasteiger partial charge in [0.25, 0.3) is 0 Å². The Morgan fingerprint density at radius 1 is 1.30 bits per heavy atom. The molecule has 1 heterocycles. The largest absolute Gasteiger partial charge is 0.489 e. The normalized spacial score (nSPS) is 14.0. The summed E-state index contributed by atoms with van der Waals surface area (Å²) < 4.78 is 5.69. The highest BCUT2D eigenvalue weighted by Gasteiger charge is 2.22. The molecule has 1 saturated carbocycles. The maximum atomic E-state index is 11.4. The summed E-state index contributed by atoms with van der Waals surface area (Å²) in [4.78, 5) is 15.7. The lowest BCUT2D eigenvalue weighted by molar-refractivity contribution is 0.236.